The summed E-state index contributed by atoms with van der Waals surface area (Å²) in [7, 11) is 0. The number of nitrogens with zero attached hydrogens (tertiary/aromatic N) is 3. The van der Waals surface area contributed by atoms with Gasteiger partial charge in [0.1, 0.15) is 0 Å². The van der Waals surface area contributed by atoms with Crippen molar-refractivity contribution >= 4 is 12.0 Å². The second kappa shape index (κ2) is 6.88. The predicted octanol–water partition coefficient (Wildman–Crippen LogP) is 1.68. The normalized spacial score (nSPS) is 16.3. The maximum atomic E-state index is 12.1. The largest absolute Gasteiger partial charge is 0.337 e. The maximum absolute atomic E-state index is 12.1. The van der Waals surface area contributed by atoms with Crippen molar-refractivity contribution in [3.63, 3.8) is 0 Å². The van der Waals surface area contributed by atoms with E-state index in [1.54, 1.807) is 6.08 Å². The summed E-state index contributed by atoms with van der Waals surface area (Å²) in [5.74, 6) is 0.0445. The quantitative estimate of drug-likeness (QED) is 0.619. The van der Waals surface area contributed by atoms with Gasteiger partial charge in [0.15, 0.2) is 0 Å². The highest BCUT2D eigenvalue weighted by atomic mass is 16.2. The minimum Gasteiger partial charge on any atom is -0.337 e. The highest BCUT2D eigenvalue weighted by Gasteiger charge is 2.18. The first kappa shape index (κ1) is 14.3. The average Bonchev–Trinajstić information content (AvgIpc) is 2.46. The average molecular weight is 269 g/mol. The molecule has 4 heteroatoms. The summed E-state index contributed by atoms with van der Waals surface area (Å²) >= 11 is 0. The molecule has 1 heterocycles. The van der Waals surface area contributed by atoms with Crippen LogP contribution in [0.2, 0.25) is 0 Å². The Bertz CT molecular complexity index is 537. The first-order chi connectivity index (χ1) is 9.69. The van der Waals surface area contributed by atoms with E-state index in [2.05, 4.69) is 17.0 Å². The number of amides is 1. The molecule has 1 saturated heterocycles. The van der Waals surface area contributed by atoms with Crippen molar-refractivity contribution in [2.24, 2.45) is 0 Å². The summed E-state index contributed by atoms with van der Waals surface area (Å²) in [4.78, 5) is 16.0. The van der Waals surface area contributed by atoms with E-state index in [1.807, 2.05) is 36.1 Å². The summed E-state index contributed by atoms with van der Waals surface area (Å²) in [6.07, 6.45) is 3.49. The summed E-state index contributed by atoms with van der Waals surface area (Å²) in [5, 5.41) is 8.64. The molecule has 0 unspecified atom stereocenters. The van der Waals surface area contributed by atoms with Crippen LogP contribution in [0.1, 0.15) is 11.1 Å². The number of benzene rings is 1. The van der Waals surface area contributed by atoms with Gasteiger partial charge < -0.3 is 4.90 Å². The third-order valence-corrected chi connectivity index (χ3v) is 3.44. The van der Waals surface area contributed by atoms with E-state index < -0.39 is 0 Å². The Morgan fingerprint density at radius 3 is 2.75 bits per heavy atom. The highest BCUT2D eigenvalue weighted by Crippen LogP contribution is 2.07. The number of aryl methyl sites for hydroxylation is 1. The van der Waals surface area contributed by atoms with Crippen LogP contribution in [0.15, 0.2) is 30.3 Å². The summed E-state index contributed by atoms with van der Waals surface area (Å²) in [5.41, 5.74) is 2.23. The van der Waals surface area contributed by atoms with Crippen molar-refractivity contribution in [1.82, 2.24) is 9.80 Å². The minimum absolute atomic E-state index is 0.0445. The molecule has 1 amide bonds. The number of rotatable bonds is 3. The number of carbonyl (C=O) groups is 1. The Hall–Kier alpha value is -2.12. The first-order valence-corrected chi connectivity index (χ1v) is 6.82. The van der Waals surface area contributed by atoms with E-state index >= 15 is 0 Å². The van der Waals surface area contributed by atoms with Gasteiger partial charge in [-0.3, -0.25) is 9.69 Å². The van der Waals surface area contributed by atoms with Gasteiger partial charge in [-0.1, -0.05) is 29.8 Å². The Kier molecular flexibility index (Phi) is 4.91. The highest BCUT2D eigenvalue weighted by molar-refractivity contribution is 5.91. The number of nitriles is 1. The molecule has 1 fully saturated rings. The molecule has 0 N–H and O–H groups in total. The molecule has 0 bridgehead atoms. The first-order valence-electron chi connectivity index (χ1n) is 6.82. The molecule has 4 nitrogen and oxygen atoms in total. The van der Waals surface area contributed by atoms with Gasteiger partial charge in [0, 0.05) is 32.3 Å². The molecule has 1 aromatic rings. The zero-order valence-corrected chi connectivity index (χ0v) is 11.7. The lowest BCUT2D eigenvalue weighted by Crippen LogP contribution is -2.48. The van der Waals surface area contributed by atoms with Gasteiger partial charge in [0.2, 0.25) is 5.91 Å². The fourth-order valence-electron chi connectivity index (χ4n) is 2.27. The lowest BCUT2D eigenvalue weighted by molar-refractivity contribution is -0.127. The fraction of sp³-hybridized carbons (Fsp3) is 0.375. The van der Waals surface area contributed by atoms with Crippen LogP contribution in [-0.2, 0) is 4.79 Å². The zero-order valence-electron chi connectivity index (χ0n) is 11.7. The second-order valence-corrected chi connectivity index (χ2v) is 5.01. The topological polar surface area (TPSA) is 47.3 Å². The standard InChI is InChI=1S/C16H19N3O/c1-14-3-2-4-15(13-14)5-6-16(20)19-11-9-18(8-7-17)10-12-19/h2-6,13H,8-12H2,1H3/b6-5+. The van der Waals surface area contributed by atoms with Crippen molar-refractivity contribution in [1.29, 1.82) is 5.26 Å². The SMILES string of the molecule is Cc1cccc(/C=C/C(=O)N2CCN(CC#N)CC2)c1. The molecule has 0 aliphatic carbocycles. The molecule has 104 valence electrons. The number of carbonyl (C=O) groups excluding carboxylic acids is 1. The van der Waals surface area contributed by atoms with Crippen molar-refractivity contribution in [3.8, 4) is 6.07 Å². The van der Waals surface area contributed by atoms with Crippen LogP contribution in [0.4, 0.5) is 0 Å². The predicted molar refractivity (Wildman–Crippen MR) is 78.8 cm³/mol. The monoisotopic (exact) mass is 269 g/mol. The van der Waals surface area contributed by atoms with Crippen molar-refractivity contribution < 1.29 is 4.79 Å². The molecule has 1 aliphatic heterocycles. The summed E-state index contributed by atoms with van der Waals surface area (Å²) < 4.78 is 0. The number of hydrogen-bond acceptors (Lipinski definition) is 3. The van der Waals surface area contributed by atoms with E-state index in [1.165, 1.54) is 5.56 Å². The van der Waals surface area contributed by atoms with Crippen LogP contribution in [0.5, 0.6) is 0 Å². The smallest absolute Gasteiger partial charge is 0.246 e. The van der Waals surface area contributed by atoms with Gasteiger partial charge in [-0.2, -0.15) is 5.26 Å². The Morgan fingerprint density at radius 2 is 2.10 bits per heavy atom. The molecule has 1 aromatic carbocycles. The van der Waals surface area contributed by atoms with Crippen molar-refractivity contribution in [3.05, 3.63) is 41.5 Å². The van der Waals surface area contributed by atoms with E-state index in [4.69, 9.17) is 5.26 Å². The Balaban J connectivity index is 1.88. The van der Waals surface area contributed by atoms with Crippen molar-refractivity contribution in [2.45, 2.75) is 6.92 Å². The molecule has 1 aliphatic rings. The molecule has 20 heavy (non-hydrogen) atoms. The van der Waals surface area contributed by atoms with Gasteiger partial charge in [-0.15, -0.1) is 0 Å². The van der Waals surface area contributed by atoms with Crippen LogP contribution in [0.25, 0.3) is 6.08 Å². The zero-order chi connectivity index (χ0) is 14.4. The molecular formula is C16H19N3O. The third kappa shape index (κ3) is 3.94. The van der Waals surface area contributed by atoms with E-state index in [9.17, 15) is 4.79 Å². The van der Waals surface area contributed by atoms with E-state index in [0.29, 0.717) is 19.6 Å². The lowest BCUT2D eigenvalue weighted by atomic mass is 10.1. The van der Waals surface area contributed by atoms with E-state index in [0.717, 1.165) is 18.7 Å². The lowest BCUT2D eigenvalue weighted by Gasteiger charge is -2.32. The molecule has 2 rings (SSSR count). The van der Waals surface area contributed by atoms with Crippen molar-refractivity contribution in [2.75, 3.05) is 32.7 Å². The van der Waals surface area contributed by atoms with Crippen LogP contribution < -0.4 is 0 Å². The molecule has 0 spiro atoms. The van der Waals surface area contributed by atoms with Gasteiger partial charge in [-0.25, -0.2) is 0 Å². The molecule has 0 atom stereocenters. The molecule has 0 aromatic heterocycles. The summed E-state index contributed by atoms with van der Waals surface area (Å²) in [6.45, 7) is 5.42. The molecular weight excluding hydrogens is 250 g/mol. The molecule has 0 radical (unpaired) electrons. The third-order valence-electron chi connectivity index (χ3n) is 3.44. The van der Waals surface area contributed by atoms with Gasteiger partial charge in [0.05, 0.1) is 12.6 Å². The summed E-state index contributed by atoms with van der Waals surface area (Å²) in [6, 6.07) is 10.2. The Morgan fingerprint density at radius 1 is 1.35 bits per heavy atom. The second-order valence-electron chi connectivity index (χ2n) is 5.01. The number of piperazine rings is 1. The molecule has 0 saturated carbocycles. The van der Waals surface area contributed by atoms with Gasteiger partial charge in [0.25, 0.3) is 0 Å². The fourth-order valence-corrected chi connectivity index (χ4v) is 2.27. The van der Waals surface area contributed by atoms with Crippen LogP contribution >= 0.6 is 0 Å². The Labute approximate surface area is 119 Å². The van der Waals surface area contributed by atoms with E-state index in [-0.39, 0.29) is 5.91 Å². The van der Waals surface area contributed by atoms with Crippen LogP contribution in [-0.4, -0.2) is 48.4 Å². The maximum Gasteiger partial charge on any atom is 0.246 e. The van der Waals surface area contributed by atoms with Gasteiger partial charge in [-0.05, 0) is 18.6 Å². The van der Waals surface area contributed by atoms with Crippen LogP contribution in [0.3, 0.4) is 0 Å². The van der Waals surface area contributed by atoms with Crippen LogP contribution in [0, 0.1) is 18.3 Å². The van der Waals surface area contributed by atoms with Gasteiger partial charge >= 0.3 is 0 Å². The number of hydrogen-bond donors (Lipinski definition) is 0. The minimum atomic E-state index is 0.0445.